The van der Waals surface area contributed by atoms with Crippen LogP contribution in [-0.4, -0.2) is 56.3 Å². The Balaban J connectivity index is 1.95. The molecule has 1 aromatic carbocycles. The summed E-state index contributed by atoms with van der Waals surface area (Å²) in [5, 5.41) is 0. The quantitative estimate of drug-likeness (QED) is 0.700. The van der Waals surface area contributed by atoms with Crippen LogP contribution in [0.3, 0.4) is 0 Å². The summed E-state index contributed by atoms with van der Waals surface area (Å²) < 4.78 is 33.8. The molecule has 2 aliphatic rings. The molecule has 1 saturated carbocycles. The molecule has 3 rings (SSSR count). The van der Waals surface area contributed by atoms with Gasteiger partial charge in [-0.05, 0) is 56.2 Å². The number of nitrogens with zero attached hydrogens (tertiary/aromatic N) is 2. The number of carbonyl (C=O) groups is 1. The number of piperidine rings is 1. The fraction of sp³-hybridized carbons (Fsp3) is 0.682. The lowest BCUT2D eigenvalue weighted by Gasteiger charge is -2.34. The number of sulfonamides is 1. The van der Waals surface area contributed by atoms with Gasteiger partial charge in [-0.15, -0.1) is 0 Å². The Bertz CT molecular complexity index is 823. The molecule has 0 bridgehead atoms. The Morgan fingerprint density at radius 3 is 2.34 bits per heavy atom. The molecule has 1 aliphatic heterocycles. The lowest BCUT2D eigenvalue weighted by atomic mass is 9.94. The van der Waals surface area contributed by atoms with E-state index in [9.17, 15) is 13.2 Å². The summed E-state index contributed by atoms with van der Waals surface area (Å²) in [5.74, 6) is 0.805. The fourth-order valence-electron chi connectivity index (χ4n) is 4.90. The molecule has 1 heterocycles. The number of hydrogen-bond donors (Lipinski definition) is 0. The van der Waals surface area contributed by atoms with E-state index in [2.05, 4.69) is 13.8 Å². The summed E-state index contributed by atoms with van der Waals surface area (Å²) in [5.41, 5.74) is 0.413. The number of carbonyl (C=O) groups excluding carboxylic acids is 1. The highest BCUT2D eigenvalue weighted by Gasteiger charge is 2.34. The summed E-state index contributed by atoms with van der Waals surface area (Å²) in [7, 11) is -2.27. The average Bonchev–Trinajstić information content (AvgIpc) is 3.21. The van der Waals surface area contributed by atoms with Crippen molar-refractivity contribution in [3.05, 3.63) is 23.8 Å². The zero-order chi connectivity index (χ0) is 21.2. The zero-order valence-electron chi connectivity index (χ0n) is 18.1. The van der Waals surface area contributed by atoms with Crippen LogP contribution in [0, 0.1) is 11.8 Å². The van der Waals surface area contributed by atoms with E-state index in [1.807, 2.05) is 11.8 Å². The number of ether oxygens (including phenoxy) is 1. The van der Waals surface area contributed by atoms with Crippen LogP contribution in [0.4, 0.5) is 0 Å². The topological polar surface area (TPSA) is 66.9 Å². The smallest absolute Gasteiger partial charge is 0.254 e. The molecule has 2 fully saturated rings. The molecule has 1 amide bonds. The van der Waals surface area contributed by atoms with Crippen LogP contribution in [0.2, 0.25) is 0 Å². The molecule has 29 heavy (non-hydrogen) atoms. The molecule has 1 aromatic rings. The van der Waals surface area contributed by atoms with Crippen molar-refractivity contribution in [3.8, 4) is 5.75 Å². The van der Waals surface area contributed by atoms with Gasteiger partial charge in [-0.25, -0.2) is 8.42 Å². The Morgan fingerprint density at radius 2 is 1.79 bits per heavy atom. The van der Waals surface area contributed by atoms with E-state index < -0.39 is 10.0 Å². The predicted molar refractivity (Wildman–Crippen MR) is 114 cm³/mol. The lowest BCUT2D eigenvalue weighted by Crippen LogP contribution is -2.42. The maximum absolute atomic E-state index is 13.4. The van der Waals surface area contributed by atoms with Crippen LogP contribution in [0.1, 0.15) is 63.2 Å². The first-order valence-corrected chi connectivity index (χ1v) is 12.2. The van der Waals surface area contributed by atoms with Crippen LogP contribution < -0.4 is 4.74 Å². The molecule has 6 nitrogen and oxygen atoms in total. The number of rotatable bonds is 6. The van der Waals surface area contributed by atoms with Crippen molar-refractivity contribution in [2.24, 2.45) is 11.8 Å². The second-order valence-electron chi connectivity index (χ2n) is 8.66. The normalized spacial score (nSPS) is 23.9. The molecular weight excluding hydrogens is 388 g/mol. The minimum Gasteiger partial charge on any atom is -0.495 e. The first kappa shape index (κ1) is 22.1. The van der Waals surface area contributed by atoms with E-state index in [-0.39, 0.29) is 22.6 Å². The molecule has 162 valence electrons. The molecule has 1 aliphatic carbocycles. The first-order chi connectivity index (χ1) is 13.8. The summed E-state index contributed by atoms with van der Waals surface area (Å²) in [6, 6.07) is 5.05. The summed E-state index contributed by atoms with van der Waals surface area (Å²) in [6.45, 7) is 7.76. The van der Waals surface area contributed by atoms with Crippen molar-refractivity contribution in [2.75, 3.05) is 26.7 Å². The Labute approximate surface area is 175 Å². The first-order valence-electron chi connectivity index (χ1n) is 10.8. The minimum atomic E-state index is -3.74. The molecule has 1 saturated heterocycles. The number of benzene rings is 1. The van der Waals surface area contributed by atoms with Gasteiger partial charge in [0.2, 0.25) is 10.0 Å². The van der Waals surface area contributed by atoms with Gasteiger partial charge in [-0.2, -0.15) is 4.31 Å². The monoisotopic (exact) mass is 422 g/mol. The zero-order valence-corrected chi connectivity index (χ0v) is 18.9. The maximum Gasteiger partial charge on any atom is 0.254 e. The van der Waals surface area contributed by atoms with Gasteiger partial charge < -0.3 is 9.64 Å². The molecule has 0 aromatic heterocycles. The van der Waals surface area contributed by atoms with E-state index in [0.29, 0.717) is 37.0 Å². The van der Waals surface area contributed by atoms with Crippen molar-refractivity contribution in [3.63, 3.8) is 0 Å². The fourth-order valence-corrected chi connectivity index (χ4v) is 6.76. The average molecular weight is 423 g/mol. The van der Waals surface area contributed by atoms with Crippen molar-refractivity contribution < 1.29 is 17.9 Å². The van der Waals surface area contributed by atoms with Gasteiger partial charge in [-0.1, -0.05) is 26.7 Å². The van der Waals surface area contributed by atoms with Crippen LogP contribution in [0.5, 0.6) is 5.75 Å². The highest BCUT2D eigenvalue weighted by Crippen LogP contribution is 2.33. The second kappa shape index (κ2) is 9.04. The van der Waals surface area contributed by atoms with E-state index in [4.69, 9.17) is 4.74 Å². The summed E-state index contributed by atoms with van der Waals surface area (Å²) in [6.07, 6.45) is 5.34. The van der Waals surface area contributed by atoms with Crippen molar-refractivity contribution in [2.45, 2.75) is 63.8 Å². The highest BCUT2D eigenvalue weighted by molar-refractivity contribution is 7.89. The summed E-state index contributed by atoms with van der Waals surface area (Å²) in [4.78, 5) is 15.2. The van der Waals surface area contributed by atoms with Gasteiger partial charge in [0.25, 0.3) is 5.91 Å². The van der Waals surface area contributed by atoms with Crippen LogP contribution >= 0.6 is 0 Å². The Kier molecular flexibility index (Phi) is 6.89. The van der Waals surface area contributed by atoms with E-state index in [1.54, 1.807) is 16.4 Å². The molecule has 0 spiro atoms. The van der Waals surface area contributed by atoms with Gasteiger partial charge in [0, 0.05) is 31.2 Å². The predicted octanol–water partition coefficient (Wildman–Crippen LogP) is 3.77. The molecule has 0 N–H and O–H groups in total. The van der Waals surface area contributed by atoms with Gasteiger partial charge in [-0.3, -0.25) is 4.79 Å². The van der Waals surface area contributed by atoms with Crippen molar-refractivity contribution in [1.29, 1.82) is 0 Å². The second-order valence-corrected chi connectivity index (χ2v) is 10.6. The van der Waals surface area contributed by atoms with Gasteiger partial charge in [0.15, 0.2) is 0 Å². The minimum absolute atomic E-state index is 0.0922. The lowest BCUT2D eigenvalue weighted by molar-refractivity contribution is 0.0693. The van der Waals surface area contributed by atoms with E-state index in [0.717, 1.165) is 32.1 Å². The van der Waals surface area contributed by atoms with Crippen LogP contribution in [-0.2, 0) is 10.0 Å². The van der Waals surface area contributed by atoms with Crippen LogP contribution in [0.25, 0.3) is 0 Å². The van der Waals surface area contributed by atoms with Crippen molar-refractivity contribution >= 4 is 15.9 Å². The third-order valence-electron chi connectivity index (χ3n) is 6.23. The van der Waals surface area contributed by atoms with Crippen molar-refractivity contribution in [1.82, 2.24) is 9.21 Å². The highest BCUT2D eigenvalue weighted by atomic mass is 32.2. The molecule has 7 heteroatoms. The number of amides is 1. The molecular formula is C22H34N2O4S. The Morgan fingerprint density at radius 1 is 1.17 bits per heavy atom. The third kappa shape index (κ3) is 4.61. The molecule has 2 atom stereocenters. The maximum atomic E-state index is 13.4. The number of hydrogen-bond acceptors (Lipinski definition) is 4. The van der Waals surface area contributed by atoms with Gasteiger partial charge in [0.1, 0.15) is 10.6 Å². The Hall–Kier alpha value is -1.60. The largest absolute Gasteiger partial charge is 0.495 e. The van der Waals surface area contributed by atoms with E-state index in [1.165, 1.54) is 13.2 Å². The van der Waals surface area contributed by atoms with Crippen LogP contribution in [0.15, 0.2) is 23.1 Å². The molecule has 2 unspecified atom stereocenters. The summed E-state index contributed by atoms with van der Waals surface area (Å²) >= 11 is 0. The third-order valence-corrected chi connectivity index (χ3v) is 8.08. The SMILES string of the molecule is CCN(C(=O)c1ccc(OC)c(S(=O)(=O)N2CC(C)CC(C)C2)c1)C1CCCC1. The van der Waals surface area contributed by atoms with E-state index >= 15 is 0 Å². The standard InChI is InChI=1S/C22H34N2O4S/c1-5-24(19-8-6-7-9-19)22(25)18-10-11-20(28-4)21(13-18)29(26,27)23-14-16(2)12-17(3)15-23/h10-11,13,16-17,19H,5-9,12,14-15H2,1-4H3. The van der Waals surface area contributed by atoms with Gasteiger partial charge in [0.05, 0.1) is 7.11 Å². The number of methoxy groups -OCH3 is 1. The molecule has 0 radical (unpaired) electrons. The van der Waals surface area contributed by atoms with Gasteiger partial charge >= 0.3 is 0 Å².